The van der Waals surface area contributed by atoms with Crippen LogP contribution in [0.1, 0.15) is 31.8 Å². The van der Waals surface area contributed by atoms with Crippen LogP contribution in [0.3, 0.4) is 0 Å². The molecule has 0 aliphatic rings. The molecule has 240 valence electrons. The van der Waals surface area contributed by atoms with E-state index in [1.54, 1.807) is 72.8 Å². The van der Waals surface area contributed by atoms with E-state index in [0.717, 1.165) is 26.0 Å². The lowest BCUT2D eigenvalue weighted by atomic mass is 10.0. The number of carbonyl (C=O) groups excluding carboxylic acids is 2. The predicted octanol–water partition coefficient (Wildman–Crippen LogP) is 12.0. The van der Waals surface area contributed by atoms with Crippen molar-refractivity contribution in [3.8, 4) is 5.75 Å². The van der Waals surface area contributed by atoms with E-state index in [0.29, 0.717) is 43.2 Å². The molecule has 7 nitrogen and oxygen atoms in total. The van der Waals surface area contributed by atoms with Gasteiger partial charge in [0, 0.05) is 100 Å². The number of pyridine rings is 2. The number of nitrogens with one attached hydrogen (secondary N) is 1. The lowest BCUT2D eigenvalue weighted by molar-refractivity contribution is 0.103. The van der Waals surface area contributed by atoms with Crippen molar-refractivity contribution in [1.29, 1.82) is 0 Å². The molecule has 0 unspecified atom stereocenters. The van der Waals surface area contributed by atoms with Crippen LogP contribution in [0.4, 0.5) is 0 Å². The predicted molar refractivity (Wildman–Crippen MR) is 208 cm³/mol. The molecule has 0 atom stereocenters. The highest BCUT2D eigenvalue weighted by atomic mass is 80.0. The molecule has 47 heavy (non-hydrogen) atoms. The van der Waals surface area contributed by atoms with Gasteiger partial charge in [0.25, 0.3) is 8.81 Å². The third kappa shape index (κ3) is 10.9. The van der Waals surface area contributed by atoms with Crippen molar-refractivity contribution in [2.45, 2.75) is 0 Å². The number of aromatic nitrogens is 2. The number of aromatic hydroxyl groups is 1. The molecule has 0 spiro atoms. The maximum Gasteiger partial charge on any atom is 0.268 e. The first-order valence-corrected chi connectivity index (χ1v) is 23.1. The lowest BCUT2D eigenvalue weighted by Crippen LogP contribution is -2.05. The first-order valence-electron chi connectivity index (χ1n) is 13.0. The molecule has 4 aromatic carbocycles. The summed E-state index contributed by atoms with van der Waals surface area (Å²) in [7, 11) is 0. The maximum absolute atomic E-state index is 12.5. The van der Waals surface area contributed by atoms with Crippen molar-refractivity contribution < 1.29 is 19.3 Å². The second-order valence-corrected chi connectivity index (χ2v) is 30.4. The van der Waals surface area contributed by atoms with Crippen molar-refractivity contribution in [2.75, 3.05) is 0 Å². The molecule has 2 N–H and O–H groups in total. The van der Waals surface area contributed by atoms with Crippen LogP contribution in [0.25, 0.3) is 21.8 Å². The lowest BCUT2D eigenvalue weighted by Gasteiger charge is -2.05. The summed E-state index contributed by atoms with van der Waals surface area (Å²) in [5.74, 6) is -0.373. The average Bonchev–Trinajstić information content (AvgIpc) is 3.00. The highest BCUT2D eigenvalue weighted by Crippen LogP contribution is 2.68. The van der Waals surface area contributed by atoms with Gasteiger partial charge in [0.15, 0.2) is 11.6 Å². The quantitative estimate of drug-likeness (QED) is 0.103. The first kappa shape index (κ1) is 37.7. The van der Waals surface area contributed by atoms with Crippen LogP contribution in [-0.2, 0) is 4.57 Å². The highest BCUT2D eigenvalue weighted by Gasteiger charge is 2.13. The van der Waals surface area contributed by atoms with Crippen molar-refractivity contribution in [1.82, 2.24) is 9.97 Å². The Hall–Kier alpha value is -2.15. The monoisotopic (exact) mass is 1010 g/mol. The van der Waals surface area contributed by atoms with Gasteiger partial charge in [-0.25, -0.2) is 4.98 Å². The van der Waals surface area contributed by atoms with Gasteiger partial charge in [0.1, 0.15) is 10.4 Å². The van der Waals surface area contributed by atoms with E-state index in [-0.39, 0.29) is 17.3 Å². The molecule has 0 fully saturated rings. The van der Waals surface area contributed by atoms with Crippen molar-refractivity contribution >= 4 is 138 Å². The summed E-state index contributed by atoms with van der Waals surface area (Å²) in [4.78, 5) is 43.1. The fourth-order valence-corrected chi connectivity index (χ4v) is 5.72. The molecule has 0 amide bonds. The van der Waals surface area contributed by atoms with E-state index in [1.807, 2.05) is 18.2 Å². The molecule has 2 aromatic heterocycles. The molecule has 0 bridgehead atoms. The summed E-state index contributed by atoms with van der Waals surface area (Å²) < 4.78 is 9.41. The molecular formula is C32H18Br5Cl2N2O5P. The Morgan fingerprint density at radius 1 is 0.681 bits per heavy atom. The Morgan fingerprint density at radius 2 is 1.13 bits per heavy atom. The minimum atomic E-state index is -2.20. The topological polar surface area (TPSA) is 117 Å². The Morgan fingerprint density at radius 3 is 1.64 bits per heavy atom. The minimum Gasteiger partial charge on any atom is -0.507 e. The van der Waals surface area contributed by atoms with Crippen molar-refractivity contribution in [3.63, 3.8) is 0 Å². The number of halogens is 7. The Kier molecular flexibility index (Phi) is 13.2. The number of aromatic amines is 1. The summed E-state index contributed by atoms with van der Waals surface area (Å²) >= 11 is 26.8. The van der Waals surface area contributed by atoms with Gasteiger partial charge >= 0.3 is 0 Å². The zero-order valence-electron chi connectivity index (χ0n) is 23.4. The summed E-state index contributed by atoms with van der Waals surface area (Å²) in [6.07, 6.45) is 0. The largest absolute Gasteiger partial charge is 0.507 e. The van der Waals surface area contributed by atoms with Gasteiger partial charge in [-0.1, -0.05) is 23.2 Å². The van der Waals surface area contributed by atoms with Gasteiger partial charge in [-0.05, 0) is 123 Å². The third-order valence-electron chi connectivity index (χ3n) is 6.29. The van der Waals surface area contributed by atoms with E-state index < -0.39 is 8.81 Å². The molecule has 0 saturated heterocycles. The van der Waals surface area contributed by atoms with Gasteiger partial charge in [-0.15, -0.1) is 0 Å². The summed E-state index contributed by atoms with van der Waals surface area (Å²) in [6.45, 7) is 0. The molecule has 6 rings (SSSR count). The smallest absolute Gasteiger partial charge is 0.268 e. The first-order chi connectivity index (χ1) is 22.1. The molecule has 0 radical (unpaired) electrons. The molecule has 0 saturated carbocycles. The number of benzene rings is 4. The number of ketones is 2. The number of hydrogen-bond acceptors (Lipinski definition) is 6. The highest BCUT2D eigenvalue weighted by molar-refractivity contribution is 9.94. The number of hydrogen-bond donors (Lipinski definition) is 2. The van der Waals surface area contributed by atoms with Gasteiger partial charge in [-0.2, -0.15) is 0 Å². The van der Waals surface area contributed by atoms with Gasteiger partial charge in [0.2, 0.25) is 0 Å². The minimum absolute atomic E-state index is 0.0385. The van der Waals surface area contributed by atoms with Gasteiger partial charge in [0.05, 0.1) is 11.0 Å². The van der Waals surface area contributed by atoms with Crippen LogP contribution >= 0.6 is 105 Å². The molecule has 0 aliphatic carbocycles. The number of carbonyl (C=O) groups is 2. The number of nitrogens with zero attached hydrogens (tertiary/aromatic N) is 1. The van der Waals surface area contributed by atoms with Crippen LogP contribution in [0.2, 0.25) is 10.0 Å². The van der Waals surface area contributed by atoms with Crippen LogP contribution in [0.15, 0.2) is 111 Å². The maximum atomic E-state index is 12.5. The normalized spacial score (nSPS) is 10.9. The van der Waals surface area contributed by atoms with E-state index in [9.17, 15) is 24.1 Å². The van der Waals surface area contributed by atoms with Crippen LogP contribution in [0.5, 0.6) is 5.75 Å². The Bertz CT molecular complexity index is 2220. The Labute approximate surface area is 318 Å². The number of fused-ring (bicyclic) bond motifs is 2. The van der Waals surface area contributed by atoms with E-state index in [4.69, 9.17) is 23.2 Å². The molecule has 0 aliphatic heterocycles. The molecule has 2 heterocycles. The summed E-state index contributed by atoms with van der Waals surface area (Å²) in [6, 6.07) is 26.6. The van der Waals surface area contributed by atoms with Crippen molar-refractivity contribution in [2.24, 2.45) is 0 Å². The molecule has 6 aromatic rings. The average molecular weight is 1010 g/mol. The van der Waals surface area contributed by atoms with E-state index >= 15 is 0 Å². The zero-order chi connectivity index (χ0) is 34.5. The van der Waals surface area contributed by atoms with Crippen LogP contribution in [-0.4, -0.2) is 26.6 Å². The van der Waals surface area contributed by atoms with Crippen LogP contribution < -0.4 is 5.56 Å². The fourth-order valence-electron chi connectivity index (χ4n) is 4.21. The standard InChI is InChI=1S/C16H8Br2ClNO.C16H10ClNO3.Br3OP/c17-13-8-15(18)20-14-6-3-10(7-12(13)14)16(21)9-1-4-11(19)5-2-9;17-11-4-1-9(2-5-11)16(21)10-3-6-13-12(7-10)14(19)8-15(20)18-13;1-5(2,3)4/h1-8H;1-8H,(H2,18,19,20);. The molecular weight excluding hydrogens is 994 g/mol. The number of rotatable bonds is 4. The van der Waals surface area contributed by atoms with Crippen LogP contribution in [0, 0.1) is 0 Å². The Balaban J connectivity index is 0.000000186. The van der Waals surface area contributed by atoms with E-state index in [2.05, 4.69) is 88.3 Å². The number of H-pyrrole nitrogens is 1. The van der Waals surface area contributed by atoms with Gasteiger partial charge < -0.3 is 10.1 Å². The summed E-state index contributed by atoms with van der Waals surface area (Å²) in [5.41, 5.74) is 3.07. The zero-order valence-corrected chi connectivity index (χ0v) is 33.7. The van der Waals surface area contributed by atoms with Gasteiger partial charge in [-0.3, -0.25) is 18.9 Å². The van der Waals surface area contributed by atoms with E-state index in [1.165, 1.54) is 0 Å². The fraction of sp³-hybridized carbons (Fsp3) is 0. The second-order valence-electron chi connectivity index (χ2n) is 9.51. The SMILES string of the molecule is O=C(c1ccc(Cl)cc1)c1ccc2[nH]c(=O)cc(O)c2c1.O=C(c1ccc(Cl)cc1)c1ccc2nc(Br)cc(Br)c2c1.O=P(Br)(Br)Br. The summed E-state index contributed by atoms with van der Waals surface area (Å²) in [5, 5.41) is 12.3. The molecule has 15 heteroatoms. The third-order valence-corrected chi connectivity index (χ3v) is 7.85. The second kappa shape index (κ2) is 16.5. The van der Waals surface area contributed by atoms with Crippen molar-refractivity contribution in [3.05, 3.63) is 149 Å².